The van der Waals surface area contributed by atoms with Crippen LogP contribution < -0.4 is 5.32 Å². The van der Waals surface area contributed by atoms with E-state index in [0.717, 1.165) is 6.42 Å². The third-order valence-corrected chi connectivity index (χ3v) is 3.41. The molecule has 1 N–H and O–H groups in total. The molecule has 0 spiro atoms. The summed E-state index contributed by atoms with van der Waals surface area (Å²) >= 11 is 0. The molecule has 92 valence electrons. The third kappa shape index (κ3) is 1.79. The number of ether oxygens (including phenoxy) is 1. The minimum absolute atomic E-state index is 0.0464. The largest absolute Gasteiger partial charge is 0.456 e. The molecule has 2 aliphatic rings. The highest BCUT2D eigenvalue weighted by molar-refractivity contribution is 5.97. The van der Waals surface area contributed by atoms with Crippen LogP contribution in [0.15, 0.2) is 42.5 Å². The normalized spacial score (nSPS) is 28.9. The van der Waals surface area contributed by atoms with Gasteiger partial charge >= 0.3 is 5.97 Å². The van der Waals surface area contributed by atoms with Gasteiger partial charge in [-0.1, -0.05) is 24.3 Å². The number of nitrogens with one attached hydrogen (secondary N) is 1. The summed E-state index contributed by atoms with van der Waals surface area (Å²) in [4.78, 5) is 23.7. The van der Waals surface area contributed by atoms with E-state index in [1.165, 1.54) is 0 Å². The van der Waals surface area contributed by atoms with Crippen molar-refractivity contribution < 1.29 is 14.3 Å². The van der Waals surface area contributed by atoms with Crippen LogP contribution in [0.25, 0.3) is 0 Å². The topological polar surface area (TPSA) is 55.4 Å². The summed E-state index contributed by atoms with van der Waals surface area (Å²) in [5, 5.41) is 2.76. The Morgan fingerprint density at radius 3 is 2.83 bits per heavy atom. The molecule has 0 aromatic heterocycles. The molecular formula is C14H13NO3. The Labute approximate surface area is 105 Å². The second-order valence-electron chi connectivity index (χ2n) is 4.55. The van der Waals surface area contributed by atoms with Crippen molar-refractivity contribution in [3.63, 3.8) is 0 Å². The molecule has 3 atom stereocenters. The van der Waals surface area contributed by atoms with Crippen LogP contribution in [-0.4, -0.2) is 24.0 Å². The summed E-state index contributed by atoms with van der Waals surface area (Å²) in [7, 11) is 0. The van der Waals surface area contributed by atoms with Crippen molar-refractivity contribution in [2.45, 2.75) is 18.6 Å². The van der Waals surface area contributed by atoms with E-state index in [1.807, 2.05) is 18.2 Å². The number of carbonyl (C=O) groups excluding carboxylic acids is 2. The van der Waals surface area contributed by atoms with E-state index < -0.39 is 6.04 Å². The number of benzene rings is 1. The molecule has 1 saturated heterocycles. The number of esters is 1. The first-order chi connectivity index (χ1) is 8.75. The molecule has 4 heteroatoms. The van der Waals surface area contributed by atoms with Crippen LogP contribution in [0.5, 0.6) is 0 Å². The maximum Gasteiger partial charge on any atom is 0.329 e. The molecule has 1 aliphatic carbocycles. The van der Waals surface area contributed by atoms with E-state index in [0.29, 0.717) is 5.56 Å². The maximum absolute atomic E-state index is 12.0. The van der Waals surface area contributed by atoms with Crippen molar-refractivity contribution in [2.75, 3.05) is 0 Å². The third-order valence-electron chi connectivity index (χ3n) is 3.41. The highest BCUT2D eigenvalue weighted by Crippen LogP contribution is 2.32. The molecule has 1 amide bonds. The lowest BCUT2D eigenvalue weighted by molar-refractivity contribution is -0.141. The molecule has 0 bridgehead atoms. The Morgan fingerprint density at radius 2 is 2.06 bits per heavy atom. The van der Waals surface area contributed by atoms with Gasteiger partial charge in [0, 0.05) is 11.5 Å². The fourth-order valence-electron chi connectivity index (χ4n) is 2.46. The predicted molar refractivity (Wildman–Crippen MR) is 64.8 cm³/mol. The van der Waals surface area contributed by atoms with Crippen LogP contribution in [0.2, 0.25) is 0 Å². The molecule has 18 heavy (non-hydrogen) atoms. The highest BCUT2D eigenvalue weighted by atomic mass is 16.6. The van der Waals surface area contributed by atoms with E-state index >= 15 is 0 Å². The van der Waals surface area contributed by atoms with Crippen molar-refractivity contribution in [1.82, 2.24) is 5.32 Å². The molecule has 3 rings (SSSR count). The van der Waals surface area contributed by atoms with Crippen LogP contribution in [0.4, 0.5) is 0 Å². The number of fused-ring (bicyclic) bond motifs is 1. The van der Waals surface area contributed by atoms with E-state index in [1.54, 1.807) is 24.3 Å². The minimum Gasteiger partial charge on any atom is -0.456 e. The van der Waals surface area contributed by atoms with Crippen molar-refractivity contribution in [3.8, 4) is 0 Å². The van der Waals surface area contributed by atoms with Gasteiger partial charge in [-0.05, 0) is 24.6 Å². The Kier molecular flexibility index (Phi) is 2.63. The van der Waals surface area contributed by atoms with E-state index in [-0.39, 0.29) is 23.9 Å². The summed E-state index contributed by atoms with van der Waals surface area (Å²) in [6.45, 7) is 0. The van der Waals surface area contributed by atoms with Gasteiger partial charge < -0.3 is 10.1 Å². The quantitative estimate of drug-likeness (QED) is 0.629. The van der Waals surface area contributed by atoms with E-state index in [9.17, 15) is 9.59 Å². The van der Waals surface area contributed by atoms with Gasteiger partial charge in [0.15, 0.2) is 0 Å². The first kappa shape index (κ1) is 11.0. The smallest absolute Gasteiger partial charge is 0.329 e. The lowest BCUT2D eigenvalue weighted by Gasteiger charge is -2.15. The molecule has 1 aliphatic heterocycles. The van der Waals surface area contributed by atoms with E-state index in [2.05, 4.69) is 5.32 Å². The highest BCUT2D eigenvalue weighted by Gasteiger charge is 2.45. The first-order valence-corrected chi connectivity index (χ1v) is 5.99. The summed E-state index contributed by atoms with van der Waals surface area (Å²) in [5.74, 6) is -0.520. The molecule has 1 heterocycles. The van der Waals surface area contributed by atoms with Gasteiger partial charge in [-0.3, -0.25) is 4.79 Å². The van der Waals surface area contributed by atoms with Crippen molar-refractivity contribution in [2.24, 2.45) is 5.92 Å². The molecule has 4 nitrogen and oxygen atoms in total. The van der Waals surface area contributed by atoms with Gasteiger partial charge in [0.05, 0.1) is 0 Å². The SMILES string of the molecule is O=C(N[C@H]1C(=O)O[C@H]2C=CC[C@H]21)c1ccccc1. The van der Waals surface area contributed by atoms with Gasteiger partial charge in [0.1, 0.15) is 12.1 Å². The Hall–Kier alpha value is -2.10. The lowest BCUT2D eigenvalue weighted by Crippen LogP contribution is -2.42. The molecule has 0 radical (unpaired) electrons. The monoisotopic (exact) mass is 243 g/mol. The maximum atomic E-state index is 12.0. The first-order valence-electron chi connectivity index (χ1n) is 5.99. The van der Waals surface area contributed by atoms with Gasteiger partial charge in [0.25, 0.3) is 5.91 Å². The number of hydrogen-bond donors (Lipinski definition) is 1. The molecule has 1 aromatic rings. The average Bonchev–Trinajstić information content (AvgIpc) is 2.94. The molecule has 1 aromatic carbocycles. The second kappa shape index (κ2) is 4.29. The summed E-state index contributed by atoms with van der Waals surface area (Å²) in [6, 6.07) is 8.35. The zero-order valence-corrected chi connectivity index (χ0v) is 9.71. The fourth-order valence-corrected chi connectivity index (χ4v) is 2.46. The van der Waals surface area contributed by atoms with Crippen molar-refractivity contribution in [1.29, 1.82) is 0 Å². The minimum atomic E-state index is -0.530. The average molecular weight is 243 g/mol. The van der Waals surface area contributed by atoms with Crippen LogP contribution in [0.3, 0.4) is 0 Å². The van der Waals surface area contributed by atoms with Crippen molar-refractivity contribution >= 4 is 11.9 Å². The number of hydrogen-bond acceptors (Lipinski definition) is 3. The Bertz CT molecular complexity index is 509. The number of allylic oxidation sites excluding steroid dienone is 1. The van der Waals surface area contributed by atoms with Crippen LogP contribution in [0.1, 0.15) is 16.8 Å². The summed E-state index contributed by atoms with van der Waals surface area (Å²) in [5.41, 5.74) is 0.555. The van der Waals surface area contributed by atoms with Gasteiger partial charge in [-0.25, -0.2) is 4.79 Å². The molecule has 0 unspecified atom stereocenters. The van der Waals surface area contributed by atoms with Crippen molar-refractivity contribution in [3.05, 3.63) is 48.0 Å². The Morgan fingerprint density at radius 1 is 1.28 bits per heavy atom. The lowest BCUT2D eigenvalue weighted by atomic mass is 9.98. The van der Waals surface area contributed by atoms with Crippen LogP contribution in [-0.2, 0) is 9.53 Å². The molecular weight excluding hydrogens is 230 g/mol. The molecule has 1 fully saturated rings. The number of rotatable bonds is 2. The van der Waals surface area contributed by atoms with Gasteiger partial charge in [-0.15, -0.1) is 0 Å². The predicted octanol–water partition coefficient (Wildman–Crippen LogP) is 1.29. The van der Waals surface area contributed by atoms with Gasteiger partial charge in [0.2, 0.25) is 0 Å². The number of amides is 1. The number of carbonyl (C=O) groups is 2. The van der Waals surface area contributed by atoms with Crippen LogP contribution >= 0.6 is 0 Å². The van der Waals surface area contributed by atoms with Gasteiger partial charge in [-0.2, -0.15) is 0 Å². The molecule has 0 saturated carbocycles. The summed E-state index contributed by atoms with van der Waals surface area (Å²) in [6.07, 6.45) is 4.48. The zero-order valence-electron chi connectivity index (χ0n) is 9.71. The van der Waals surface area contributed by atoms with E-state index in [4.69, 9.17) is 4.74 Å². The zero-order chi connectivity index (χ0) is 12.5. The Balaban J connectivity index is 1.73. The fraction of sp³-hybridized carbons (Fsp3) is 0.286. The van der Waals surface area contributed by atoms with Crippen LogP contribution in [0, 0.1) is 5.92 Å². The standard InChI is InChI=1S/C14H13NO3/c16-13(9-5-2-1-3-6-9)15-12-10-7-4-8-11(10)18-14(12)17/h1-6,8,10-12H,7H2,(H,15,16)/t10-,11+,12-/m1/s1. The second-order valence-corrected chi connectivity index (χ2v) is 4.55. The summed E-state index contributed by atoms with van der Waals surface area (Å²) < 4.78 is 5.19.